The van der Waals surface area contributed by atoms with Crippen LogP contribution in [0.4, 0.5) is 5.69 Å². The SMILES string of the molecule is Cc1c(C(=O)NC(C)c2ccc(NC(=O)C3CC3)cc2)[nH]c2c1C(=O)CCC2. The van der Waals surface area contributed by atoms with E-state index in [4.69, 9.17) is 0 Å². The molecule has 6 nitrogen and oxygen atoms in total. The molecule has 2 aliphatic carbocycles. The van der Waals surface area contributed by atoms with E-state index in [9.17, 15) is 14.4 Å². The number of aromatic amines is 1. The molecule has 2 aromatic rings. The summed E-state index contributed by atoms with van der Waals surface area (Å²) in [7, 11) is 0. The van der Waals surface area contributed by atoms with Crippen LogP contribution in [0, 0.1) is 12.8 Å². The molecular formula is C22H25N3O3. The van der Waals surface area contributed by atoms with E-state index in [1.54, 1.807) is 0 Å². The van der Waals surface area contributed by atoms with Crippen molar-refractivity contribution in [1.29, 1.82) is 0 Å². The average Bonchev–Trinajstić information content (AvgIpc) is 3.46. The van der Waals surface area contributed by atoms with Crippen LogP contribution in [-0.2, 0) is 11.2 Å². The molecule has 4 rings (SSSR count). The van der Waals surface area contributed by atoms with Gasteiger partial charge in [-0.1, -0.05) is 12.1 Å². The lowest BCUT2D eigenvalue weighted by atomic mass is 9.94. The van der Waals surface area contributed by atoms with Gasteiger partial charge in [-0.2, -0.15) is 0 Å². The van der Waals surface area contributed by atoms with Gasteiger partial charge in [0.25, 0.3) is 5.91 Å². The summed E-state index contributed by atoms with van der Waals surface area (Å²) in [6.07, 6.45) is 4.12. The van der Waals surface area contributed by atoms with Crippen molar-refractivity contribution < 1.29 is 14.4 Å². The Kier molecular flexibility index (Phi) is 4.79. The lowest BCUT2D eigenvalue weighted by Crippen LogP contribution is -2.27. The molecule has 0 spiro atoms. The normalized spacial score (nSPS) is 17.0. The first-order chi connectivity index (χ1) is 13.4. The summed E-state index contributed by atoms with van der Waals surface area (Å²) < 4.78 is 0. The monoisotopic (exact) mass is 379 g/mol. The first-order valence-electron chi connectivity index (χ1n) is 9.90. The molecule has 1 saturated carbocycles. The fourth-order valence-electron chi connectivity index (χ4n) is 3.80. The fraction of sp³-hybridized carbons (Fsp3) is 0.409. The first-order valence-corrected chi connectivity index (χ1v) is 9.90. The lowest BCUT2D eigenvalue weighted by Gasteiger charge is -2.15. The first kappa shape index (κ1) is 18.5. The van der Waals surface area contributed by atoms with Crippen LogP contribution < -0.4 is 10.6 Å². The van der Waals surface area contributed by atoms with Crippen molar-refractivity contribution >= 4 is 23.3 Å². The van der Waals surface area contributed by atoms with Crippen molar-refractivity contribution in [3.05, 3.63) is 52.3 Å². The van der Waals surface area contributed by atoms with Crippen molar-refractivity contribution in [1.82, 2.24) is 10.3 Å². The lowest BCUT2D eigenvalue weighted by molar-refractivity contribution is -0.117. The van der Waals surface area contributed by atoms with Crippen LogP contribution in [0.15, 0.2) is 24.3 Å². The molecule has 1 heterocycles. The number of anilines is 1. The summed E-state index contributed by atoms with van der Waals surface area (Å²) in [6.45, 7) is 3.74. The summed E-state index contributed by atoms with van der Waals surface area (Å²) in [5.41, 5.74) is 4.50. The highest BCUT2D eigenvalue weighted by Crippen LogP contribution is 2.30. The van der Waals surface area contributed by atoms with Crippen molar-refractivity contribution in [2.75, 3.05) is 5.32 Å². The number of amides is 2. The molecule has 1 unspecified atom stereocenters. The molecule has 3 N–H and O–H groups in total. The van der Waals surface area contributed by atoms with E-state index < -0.39 is 0 Å². The van der Waals surface area contributed by atoms with Crippen LogP contribution in [0.3, 0.4) is 0 Å². The third-order valence-electron chi connectivity index (χ3n) is 5.64. The molecular weight excluding hydrogens is 354 g/mol. The van der Waals surface area contributed by atoms with Crippen molar-refractivity contribution in [2.24, 2.45) is 5.92 Å². The van der Waals surface area contributed by atoms with Crippen molar-refractivity contribution in [3.8, 4) is 0 Å². The van der Waals surface area contributed by atoms with Gasteiger partial charge in [-0.05, 0) is 62.8 Å². The molecule has 6 heteroatoms. The highest BCUT2D eigenvalue weighted by Gasteiger charge is 2.29. The molecule has 28 heavy (non-hydrogen) atoms. The van der Waals surface area contributed by atoms with Gasteiger partial charge in [0.1, 0.15) is 5.69 Å². The van der Waals surface area contributed by atoms with E-state index >= 15 is 0 Å². The van der Waals surface area contributed by atoms with E-state index in [0.717, 1.165) is 48.2 Å². The van der Waals surface area contributed by atoms with E-state index in [-0.39, 0.29) is 29.6 Å². The number of Topliss-reactive ketones (excluding diaryl/α,β-unsaturated/α-hetero) is 1. The Balaban J connectivity index is 1.43. The molecule has 146 valence electrons. The Labute approximate surface area is 164 Å². The number of H-pyrrole nitrogens is 1. The maximum atomic E-state index is 12.8. The summed E-state index contributed by atoms with van der Waals surface area (Å²) in [5.74, 6) is 0.152. The number of hydrogen-bond acceptors (Lipinski definition) is 3. The number of carbonyl (C=O) groups excluding carboxylic acids is 3. The van der Waals surface area contributed by atoms with Crippen molar-refractivity contribution in [3.63, 3.8) is 0 Å². The summed E-state index contributed by atoms with van der Waals surface area (Å²) in [5, 5.41) is 5.91. The van der Waals surface area contributed by atoms with E-state index in [0.29, 0.717) is 17.7 Å². The minimum absolute atomic E-state index is 0.0786. The number of rotatable bonds is 5. The highest BCUT2D eigenvalue weighted by molar-refractivity contribution is 6.04. The van der Waals surface area contributed by atoms with Crippen LogP contribution in [0.2, 0.25) is 0 Å². The topological polar surface area (TPSA) is 91.1 Å². The number of nitrogens with one attached hydrogen (secondary N) is 3. The molecule has 1 aromatic heterocycles. The molecule has 2 amide bonds. The third kappa shape index (κ3) is 3.59. The zero-order chi connectivity index (χ0) is 19.8. The molecule has 1 fully saturated rings. The number of aryl methyl sites for hydroxylation is 1. The predicted octanol–water partition coefficient (Wildman–Crippen LogP) is 3.68. The summed E-state index contributed by atoms with van der Waals surface area (Å²) in [6, 6.07) is 7.33. The van der Waals surface area contributed by atoms with Crippen LogP contribution in [0.25, 0.3) is 0 Å². The molecule has 2 aliphatic rings. The average molecular weight is 379 g/mol. The fourth-order valence-corrected chi connectivity index (χ4v) is 3.80. The molecule has 0 bridgehead atoms. The molecule has 0 aliphatic heterocycles. The van der Waals surface area contributed by atoms with Crippen LogP contribution in [0.1, 0.15) is 76.3 Å². The Morgan fingerprint density at radius 3 is 2.50 bits per heavy atom. The van der Waals surface area contributed by atoms with Gasteiger partial charge in [0, 0.05) is 29.3 Å². The third-order valence-corrected chi connectivity index (χ3v) is 5.64. The summed E-state index contributed by atoms with van der Waals surface area (Å²) in [4.78, 5) is 39.9. The van der Waals surface area contributed by atoms with Crippen LogP contribution in [0.5, 0.6) is 0 Å². The standard InChI is InChI=1S/C22H25N3O3/c1-12-19-17(4-3-5-18(19)26)25-20(12)22(28)23-13(2)14-8-10-16(11-9-14)24-21(27)15-6-7-15/h8-11,13,15,25H,3-7H2,1-2H3,(H,23,28)(H,24,27). The second-order valence-corrected chi connectivity index (χ2v) is 7.84. The van der Waals surface area contributed by atoms with E-state index in [1.165, 1.54) is 0 Å². The van der Waals surface area contributed by atoms with Gasteiger partial charge in [-0.3, -0.25) is 14.4 Å². The molecule has 1 atom stereocenters. The van der Waals surface area contributed by atoms with Gasteiger partial charge in [0.05, 0.1) is 6.04 Å². The van der Waals surface area contributed by atoms with Gasteiger partial charge < -0.3 is 15.6 Å². The maximum absolute atomic E-state index is 12.8. The van der Waals surface area contributed by atoms with E-state index in [1.807, 2.05) is 38.1 Å². The minimum atomic E-state index is -0.210. The Hall–Kier alpha value is -2.89. The van der Waals surface area contributed by atoms with E-state index in [2.05, 4.69) is 15.6 Å². The highest BCUT2D eigenvalue weighted by atomic mass is 16.2. The quantitative estimate of drug-likeness (QED) is 0.740. The van der Waals surface area contributed by atoms with Gasteiger partial charge in [0.2, 0.25) is 5.91 Å². The number of carbonyl (C=O) groups is 3. The zero-order valence-corrected chi connectivity index (χ0v) is 16.2. The smallest absolute Gasteiger partial charge is 0.268 e. The number of benzene rings is 1. The Bertz CT molecular complexity index is 939. The molecule has 0 saturated heterocycles. The number of hydrogen-bond donors (Lipinski definition) is 3. The van der Waals surface area contributed by atoms with Crippen LogP contribution >= 0.6 is 0 Å². The van der Waals surface area contributed by atoms with Crippen molar-refractivity contribution in [2.45, 2.75) is 52.0 Å². The molecule has 0 radical (unpaired) electrons. The van der Waals surface area contributed by atoms with Crippen LogP contribution in [-0.4, -0.2) is 22.6 Å². The zero-order valence-electron chi connectivity index (χ0n) is 16.2. The Morgan fingerprint density at radius 2 is 1.86 bits per heavy atom. The molecule has 1 aromatic carbocycles. The maximum Gasteiger partial charge on any atom is 0.268 e. The van der Waals surface area contributed by atoms with Gasteiger partial charge >= 0.3 is 0 Å². The number of aromatic nitrogens is 1. The minimum Gasteiger partial charge on any atom is -0.354 e. The van der Waals surface area contributed by atoms with Gasteiger partial charge in [-0.15, -0.1) is 0 Å². The second-order valence-electron chi connectivity index (χ2n) is 7.84. The largest absolute Gasteiger partial charge is 0.354 e. The number of fused-ring (bicyclic) bond motifs is 1. The number of ketones is 1. The predicted molar refractivity (Wildman–Crippen MR) is 106 cm³/mol. The van der Waals surface area contributed by atoms with Gasteiger partial charge in [-0.25, -0.2) is 0 Å². The second kappa shape index (κ2) is 7.26. The van der Waals surface area contributed by atoms with Gasteiger partial charge in [0.15, 0.2) is 5.78 Å². The Morgan fingerprint density at radius 1 is 1.14 bits per heavy atom. The summed E-state index contributed by atoms with van der Waals surface area (Å²) >= 11 is 0.